The Morgan fingerprint density at radius 3 is 2.78 bits per heavy atom. The number of aromatic nitrogens is 3. The summed E-state index contributed by atoms with van der Waals surface area (Å²) in [5, 5.41) is 8.73. The molecule has 0 unspecified atom stereocenters. The molecule has 0 saturated carbocycles. The number of rotatable bonds is 5. The maximum absolute atomic E-state index is 5.58. The molecule has 3 rings (SSSR count). The van der Waals surface area contributed by atoms with Crippen molar-refractivity contribution in [2.75, 3.05) is 12.4 Å². The summed E-state index contributed by atoms with van der Waals surface area (Å²) in [6, 6.07) is 15.3. The highest BCUT2D eigenvalue weighted by Gasteiger charge is 2.09. The van der Waals surface area contributed by atoms with Crippen LogP contribution in [0.1, 0.15) is 0 Å². The van der Waals surface area contributed by atoms with Gasteiger partial charge in [-0.05, 0) is 42.3 Å². The molecule has 0 bridgehead atoms. The van der Waals surface area contributed by atoms with E-state index >= 15 is 0 Å². The monoisotopic (exact) mass is 325 g/mol. The van der Waals surface area contributed by atoms with Crippen molar-refractivity contribution in [3.63, 3.8) is 0 Å². The minimum Gasteiger partial charge on any atom is -0.496 e. The Labute approximate surface area is 138 Å². The highest BCUT2D eigenvalue weighted by molar-refractivity contribution is 7.97. The molecule has 0 aliphatic carbocycles. The standard InChI is InChI=1S/C16H15N5OS/c1-22-14-8-3-2-7-13(14)15-18-10-19-16(21-15)20-11-5-4-6-12(9-11)23-17/h2-10H,17H2,1H3,(H,18,19,20,21). The Morgan fingerprint density at radius 1 is 1.09 bits per heavy atom. The summed E-state index contributed by atoms with van der Waals surface area (Å²) >= 11 is 1.19. The van der Waals surface area contributed by atoms with Crippen LogP contribution >= 0.6 is 11.9 Å². The maximum Gasteiger partial charge on any atom is 0.230 e. The van der Waals surface area contributed by atoms with Gasteiger partial charge in [0, 0.05) is 10.6 Å². The van der Waals surface area contributed by atoms with Crippen LogP contribution < -0.4 is 15.2 Å². The predicted molar refractivity (Wildman–Crippen MR) is 91.6 cm³/mol. The van der Waals surface area contributed by atoms with Gasteiger partial charge in [-0.25, -0.2) is 9.97 Å². The lowest BCUT2D eigenvalue weighted by molar-refractivity contribution is 0.416. The molecule has 0 amide bonds. The molecule has 2 aromatic carbocycles. The van der Waals surface area contributed by atoms with E-state index in [0.717, 1.165) is 16.1 Å². The SMILES string of the molecule is COc1ccccc1-c1ncnc(Nc2cccc(SN)c2)n1. The number of ether oxygens (including phenoxy) is 1. The van der Waals surface area contributed by atoms with Gasteiger partial charge in [0.05, 0.1) is 12.7 Å². The summed E-state index contributed by atoms with van der Waals surface area (Å²) in [5.41, 5.74) is 1.67. The topological polar surface area (TPSA) is 86.0 Å². The molecular formula is C16H15N5OS. The first-order valence-electron chi connectivity index (χ1n) is 6.86. The van der Waals surface area contributed by atoms with Gasteiger partial charge in [-0.3, -0.25) is 5.14 Å². The molecule has 116 valence electrons. The van der Waals surface area contributed by atoms with Crippen LogP contribution in [0.25, 0.3) is 11.4 Å². The average molecular weight is 325 g/mol. The first-order valence-corrected chi connectivity index (χ1v) is 7.74. The zero-order valence-electron chi connectivity index (χ0n) is 12.4. The van der Waals surface area contributed by atoms with E-state index in [1.165, 1.54) is 18.3 Å². The molecule has 0 fully saturated rings. The van der Waals surface area contributed by atoms with Crippen molar-refractivity contribution in [1.29, 1.82) is 0 Å². The Morgan fingerprint density at radius 2 is 1.96 bits per heavy atom. The zero-order valence-corrected chi connectivity index (χ0v) is 13.2. The molecule has 0 aliphatic heterocycles. The second-order valence-electron chi connectivity index (χ2n) is 4.60. The number of hydrogen-bond acceptors (Lipinski definition) is 7. The number of nitrogens with two attached hydrogens (primary N) is 1. The molecule has 3 N–H and O–H groups in total. The van der Waals surface area contributed by atoms with Crippen LogP contribution in [0.3, 0.4) is 0 Å². The second kappa shape index (κ2) is 7.08. The van der Waals surface area contributed by atoms with Crippen molar-refractivity contribution in [2.45, 2.75) is 4.90 Å². The lowest BCUT2D eigenvalue weighted by Crippen LogP contribution is -2.01. The number of para-hydroxylation sites is 1. The van der Waals surface area contributed by atoms with Gasteiger partial charge < -0.3 is 10.1 Å². The first-order chi connectivity index (χ1) is 11.3. The third-order valence-electron chi connectivity index (χ3n) is 3.15. The van der Waals surface area contributed by atoms with E-state index in [-0.39, 0.29) is 0 Å². The van der Waals surface area contributed by atoms with Crippen LogP contribution in [0.15, 0.2) is 59.8 Å². The molecule has 0 saturated heterocycles. The van der Waals surface area contributed by atoms with E-state index in [1.54, 1.807) is 7.11 Å². The highest BCUT2D eigenvalue weighted by Crippen LogP contribution is 2.27. The van der Waals surface area contributed by atoms with Crippen LogP contribution in [-0.2, 0) is 0 Å². The number of nitrogens with zero attached hydrogens (tertiary/aromatic N) is 3. The quantitative estimate of drug-likeness (QED) is 0.696. The van der Waals surface area contributed by atoms with Gasteiger partial charge in [0.25, 0.3) is 0 Å². The van der Waals surface area contributed by atoms with Crippen LogP contribution in [0.2, 0.25) is 0 Å². The van der Waals surface area contributed by atoms with Crippen molar-refractivity contribution in [1.82, 2.24) is 15.0 Å². The maximum atomic E-state index is 5.58. The third kappa shape index (κ3) is 3.58. The van der Waals surface area contributed by atoms with E-state index in [4.69, 9.17) is 9.88 Å². The van der Waals surface area contributed by atoms with Gasteiger partial charge in [0.1, 0.15) is 12.1 Å². The van der Waals surface area contributed by atoms with E-state index in [2.05, 4.69) is 20.3 Å². The van der Waals surface area contributed by atoms with E-state index in [0.29, 0.717) is 17.5 Å². The fourth-order valence-electron chi connectivity index (χ4n) is 2.09. The second-order valence-corrected chi connectivity index (χ2v) is 5.31. The lowest BCUT2D eigenvalue weighted by Gasteiger charge is -2.09. The summed E-state index contributed by atoms with van der Waals surface area (Å²) in [5.74, 6) is 1.72. The van der Waals surface area contributed by atoms with Crippen molar-refractivity contribution in [2.24, 2.45) is 5.14 Å². The van der Waals surface area contributed by atoms with Crippen molar-refractivity contribution in [3.05, 3.63) is 54.9 Å². The largest absolute Gasteiger partial charge is 0.496 e. The molecule has 0 radical (unpaired) electrons. The minimum absolute atomic E-state index is 0.458. The summed E-state index contributed by atoms with van der Waals surface area (Å²) in [6.07, 6.45) is 1.47. The Balaban J connectivity index is 1.90. The molecule has 0 atom stereocenters. The summed E-state index contributed by atoms with van der Waals surface area (Å²) in [6.45, 7) is 0. The van der Waals surface area contributed by atoms with E-state index in [9.17, 15) is 0 Å². The van der Waals surface area contributed by atoms with Gasteiger partial charge in [-0.15, -0.1) is 0 Å². The summed E-state index contributed by atoms with van der Waals surface area (Å²) in [4.78, 5) is 13.8. The van der Waals surface area contributed by atoms with Crippen LogP contribution in [-0.4, -0.2) is 22.1 Å². The van der Waals surface area contributed by atoms with Gasteiger partial charge in [0.15, 0.2) is 5.82 Å². The van der Waals surface area contributed by atoms with Gasteiger partial charge in [0.2, 0.25) is 5.95 Å². The minimum atomic E-state index is 0.458. The molecule has 0 aliphatic rings. The lowest BCUT2D eigenvalue weighted by atomic mass is 10.2. The van der Waals surface area contributed by atoms with Crippen molar-refractivity contribution < 1.29 is 4.74 Å². The van der Waals surface area contributed by atoms with Gasteiger partial charge >= 0.3 is 0 Å². The third-order valence-corrected chi connectivity index (χ3v) is 3.67. The van der Waals surface area contributed by atoms with Gasteiger partial charge in [-0.2, -0.15) is 4.98 Å². The van der Waals surface area contributed by atoms with Crippen molar-refractivity contribution in [3.8, 4) is 17.1 Å². The zero-order chi connectivity index (χ0) is 16.1. The predicted octanol–water partition coefficient (Wildman–Crippen LogP) is 3.26. The summed E-state index contributed by atoms with van der Waals surface area (Å²) in [7, 11) is 1.62. The number of hydrogen-bond donors (Lipinski definition) is 2. The fourth-order valence-corrected chi connectivity index (χ4v) is 2.44. The van der Waals surface area contributed by atoms with E-state index < -0.39 is 0 Å². The molecule has 1 aromatic heterocycles. The average Bonchev–Trinajstić information content (AvgIpc) is 2.62. The van der Waals surface area contributed by atoms with Crippen LogP contribution in [0.5, 0.6) is 5.75 Å². The van der Waals surface area contributed by atoms with E-state index in [1.807, 2.05) is 48.5 Å². The fraction of sp³-hybridized carbons (Fsp3) is 0.0625. The Hall–Kier alpha value is -2.64. The normalized spacial score (nSPS) is 10.3. The molecular weight excluding hydrogens is 310 g/mol. The van der Waals surface area contributed by atoms with Crippen molar-refractivity contribution >= 4 is 23.6 Å². The molecule has 0 spiro atoms. The van der Waals surface area contributed by atoms with Crippen LogP contribution in [0, 0.1) is 0 Å². The number of nitrogens with one attached hydrogen (secondary N) is 1. The highest BCUT2D eigenvalue weighted by atomic mass is 32.2. The smallest absolute Gasteiger partial charge is 0.230 e. The Kier molecular flexibility index (Phi) is 4.70. The number of anilines is 2. The van der Waals surface area contributed by atoms with Crippen LogP contribution in [0.4, 0.5) is 11.6 Å². The molecule has 6 nitrogen and oxygen atoms in total. The molecule has 1 heterocycles. The number of benzene rings is 2. The Bertz CT molecular complexity index is 812. The number of methoxy groups -OCH3 is 1. The summed E-state index contributed by atoms with van der Waals surface area (Å²) < 4.78 is 5.35. The molecule has 3 aromatic rings. The molecule has 7 heteroatoms. The van der Waals surface area contributed by atoms with Gasteiger partial charge in [-0.1, -0.05) is 18.2 Å². The first kappa shape index (κ1) is 15.3. The molecule has 23 heavy (non-hydrogen) atoms.